The third-order valence-corrected chi connectivity index (χ3v) is 6.67. The molecule has 0 aliphatic heterocycles. The Labute approximate surface area is 246 Å². The van der Waals surface area contributed by atoms with Crippen molar-refractivity contribution in [3.8, 4) is 5.75 Å². The maximum atomic E-state index is 12.8. The summed E-state index contributed by atoms with van der Waals surface area (Å²) in [7, 11) is 2.75. The number of hydrogen-bond donors (Lipinski definition) is 5. The molecule has 41 heavy (non-hydrogen) atoms. The van der Waals surface area contributed by atoms with Crippen LogP contribution in [0, 0.1) is 0 Å². The topological polar surface area (TPSA) is 147 Å². The zero-order valence-electron chi connectivity index (χ0n) is 23.1. The molecular formula is C29H32BrN5O6. The van der Waals surface area contributed by atoms with Gasteiger partial charge in [0, 0.05) is 30.2 Å². The zero-order chi connectivity index (χ0) is 29.9. The van der Waals surface area contributed by atoms with Crippen molar-refractivity contribution in [2.45, 2.75) is 19.8 Å². The average Bonchev–Trinajstić information content (AvgIpc) is 2.95. The number of rotatable bonds is 11. The summed E-state index contributed by atoms with van der Waals surface area (Å²) in [6.45, 7) is 3.84. The number of ether oxygens (including phenoxy) is 2. The number of esters is 1. The van der Waals surface area contributed by atoms with Crippen molar-refractivity contribution in [2.24, 2.45) is 0 Å². The van der Waals surface area contributed by atoms with Crippen LogP contribution in [0.4, 0.5) is 27.5 Å². The fourth-order valence-electron chi connectivity index (χ4n) is 3.85. The molecule has 0 aliphatic rings. The molecule has 0 bridgehead atoms. The predicted molar refractivity (Wildman–Crippen MR) is 162 cm³/mol. The quantitative estimate of drug-likeness (QED) is 0.146. The van der Waals surface area contributed by atoms with Crippen molar-refractivity contribution < 1.29 is 28.7 Å². The number of nitrogens with one attached hydrogen (secondary N) is 5. The fraction of sp³-hybridized carbons (Fsp3) is 0.241. The Morgan fingerprint density at radius 2 is 1.59 bits per heavy atom. The molecule has 11 nitrogen and oxygen atoms in total. The van der Waals surface area contributed by atoms with E-state index in [0.717, 1.165) is 4.47 Å². The van der Waals surface area contributed by atoms with E-state index in [2.05, 4.69) is 42.5 Å². The molecule has 3 rings (SSSR count). The number of halogens is 1. The molecule has 0 aliphatic carbocycles. The maximum Gasteiger partial charge on any atom is 0.339 e. The molecule has 4 amide bonds. The van der Waals surface area contributed by atoms with Gasteiger partial charge in [-0.25, -0.2) is 9.59 Å². The Morgan fingerprint density at radius 1 is 0.854 bits per heavy atom. The van der Waals surface area contributed by atoms with Gasteiger partial charge < -0.3 is 36.1 Å². The first-order valence-electron chi connectivity index (χ1n) is 12.6. The molecule has 5 N–H and O–H groups in total. The molecule has 0 radical (unpaired) electrons. The minimum absolute atomic E-state index is 0.193. The van der Waals surface area contributed by atoms with E-state index >= 15 is 0 Å². The van der Waals surface area contributed by atoms with Crippen LogP contribution in [0.1, 0.15) is 35.7 Å². The summed E-state index contributed by atoms with van der Waals surface area (Å²) in [4.78, 5) is 48.8. The average molecular weight is 627 g/mol. The Morgan fingerprint density at radius 3 is 2.27 bits per heavy atom. The third-order valence-electron chi connectivity index (χ3n) is 5.98. The SMILES string of the molecule is COC(=O)c1ccc(NCCNC(=O)C(C)c2ccc(NC(=O)Nc3ccccc3Br)c(OC)c2)cc1NC(C)=O. The molecule has 0 saturated carbocycles. The summed E-state index contributed by atoms with van der Waals surface area (Å²) >= 11 is 3.39. The van der Waals surface area contributed by atoms with Crippen LogP contribution in [0.2, 0.25) is 0 Å². The summed E-state index contributed by atoms with van der Waals surface area (Å²) < 4.78 is 11.0. The van der Waals surface area contributed by atoms with E-state index in [9.17, 15) is 19.2 Å². The van der Waals surface area contributed by atoms with Gasteiger partial charge in [-0.3, -0.25) is 9.59 Å². The van der Waals surface area contributed by atoms with E-state index in [4.69, 9.17) is 9.47 Å². The van der Waals surface area contributed by atoms with Crippen LogP contribution in [0.3, 0.4) is 0 Å². The van der Waals surface area contributed by atoms with Crippen molar-refractivity contribution in [1.82, 2.24) is 5.32 Å². The molecule has 3 aromatic rings. The van der Waals surface area contributed by atoms with E-state index in [1.54, 1.807) is 49.4 Å². The lowest BCUT2D eigenvalue weighted by Crippen LogP contribution is -2.32. The molecule has 1 unspecified atom stereocenters. The second-order valence-corrected chi connectivity index (χ2v) is 9.75. The molecule has 0 fully saturated rings. The fourth-order valence-corrected chi connectivity index (χ4v) is 4.24. The van der Waals surface area contributed by atoms with E-state index in [0.29, 0.717) is 47.2 Å². The predicted octanol–water partition coefficient (Wildman–Crippen LogP) is 5.18. The minimum atomic E-state index is -0.564. The summed E-state index contributed by atoms with van der Waals surface area (Å²) in [5, 5.41) is 14.2. The Hall–Kier alpha value is -4.58. The number of urea groups is 1. The van der Waals surface area contributed by atoms with Gasteiger partial charge in [0.1, 0.15) is 5.75 Å². The molecule has 12 heteroatoms. The number of methoxy groups -OCH3 is 2. The first-order valence-corrected chi connectivity index (χ1v) is 13.4. The normalized spacial score (nSPS) is 11.0. The first kappa shape index (κ1) is 31.0. The van der Waals surface area contributed by atoms with Crippen LogP contribution < -0.4 is 31.3 Å². The molecule has 3 aromatic carbocycles. The summed E-state index contributed by atoms with van der Waals surface area (Å²) in [5.74, 6) is -1.15. The standard InChI is InChI=1S/C29H32BrN5O6/c1-17(19-9-12-24(26(15-19)40-3)35-29(39)34-23-8-6-5-7-22(23)30)27(37)32-14-13-31-20-10-11-21(28(38)41-4)25(16-20)33-18(2)36/h5-12,15-17,31H,13-14H2,1-4H3,(H,32,37)(H,33,36)(H2,34,35,39). The van der Waals surface area contributed by atoms with Crippen molar-refractivity contribution in [3.05, 3.63) is 76.3 Å². The molecule has 216 valence electrons. The Kier molecular flexibility index (Phi) is 11.1. The lowest BCUT2D eigenvalue weighted by atomic mass is 9.99. The zero-order valence-corrected chi connectivity index (χ0v) is 24.7. The van der Waals surface area contributed by atoms with Crippen LogP contribution in [-0.2, 0) is 14.3 Å². The van der Waals surface area contributed by atoms with Gasteiger partial charge in [-0.15, -0.1) is 0 Å². The van der Waals surface area contributed by atoms with Crippen molar-refractivity contribution >= 4 is 62.5 Å². The van der Waals surface area contributed by atoms with E-state index in [1.807, 2.05) is 18.2 Å². The number of para-hydroxylation sites is 1. The van der Waals surface area contributed by atoms with Crippen LogP contribution in [-0.4, -0.2) is 51.1 Å². The number of anilines is 4. The molecule has 0 aromatic heterocycles. The van der Waals surface area contributed by atoms with Gasteiger partial charge >= 0.3 is 12.0 Å². The number of amides is 4. The second-order valence-electron chi connectivity index (χ2n) is 8.89. The van der Waals surface area contributed by atoms with E-state index in [-0.39, 0.29) is 17.4 Å². The lowest BCUT2D eigenvalue weighted by Gasteiger charge is -2.17. The highest BCUT2D eigenvalue weighted by Crippen LogP contribution is 2.30. The maximum absolute atomic E-state index is 12.8. The van der Waals surface area contributed by atoms with Gasteiger partial charge in [0.2, 0.25) is 11.8 Å². The third kappa shape index (κ3) is 8.70. The highest BCUT2D eigenvalue weighted by atomic mass is 79.9. The van der Waals surface area contributed by atoms with Gasteiger partial charge in [-0.2, -0.15) is 0 Å². The smallest absolute Gasteiger partial charge is 0.339 e. The first-order chi connectivity index (χ1) is 19.6. The minimum Gasteiger partial charge on any atom is -0.495 e. The van der Waals surface area contributed by atoms with Crippen LogP contribution in [0.5, 0.6) is 5.75 Å². The number of hydrogen-bond acceptors (Lipinski definition) is 7. The van der Waals surface area contributed by atoms with Crippen molar-refractivity contribution in [3.63, 3.8) is 0 Å². The van der Waals surface area contributed by atoms with E-state index in [1.165, 1.54) is 21.1 Å². The Balaban J connectivity index is 1.55. The Bertz CT molecular complexity index is 1430. The van der Waals surface area contributed by atoms with Gasteiger partial charge in [0.25, 0.3) is 0 Å². The lowest BCUT2D eigenvalue weighted by molar-refractivity contribution is -0.122. The van der Waals surface area contributed by atoms with Crippen LogP contribution in [0.25, 0.3) is 0 Å². The number of carbonyl (C=O) groups excluding carboxylic acids is 4. The summed E-state index contributed by atoms with van der Waals surface area (Å²) in [5.41, 5.74) is 2.99. The highest BCUT2D eigenvalue weighted by Gasteiger charge is 2.18. The van der Waals surface area contributed by atoms with Crippen molar-refractivity contribution in [1.29, 1.82) is 0 Å². The van der Waals surface area contributed by atoms with E-state index < -0.39 is 17.9 Å². The summed E-state index contributed by atoms with van der Waals surface area (Å²) in [6.07, 6.45) is 0. The van der Waals surface area contributed by atoms with Gasteiger partial charge in [0.05, 0.1) is 42.8 Å². The molecule has 1 atom stereocenters. The monoisotopic (exact) mass is 625 g/mol. The molecule has 0 spiro atoms. The largest absolute Gasteiger partial charge is 0.495 e. The highest BCUT2D eigenvalue weighted by molar-refractivity contribution is 9.10. The summed E-state index contributed by atoms with van der Waals surface area (Å²) in [6, 6.07) is 16.8. The van der Waals surface area contributed by atoms with Gasteiger partial charge in [-0.1, -0.05) is 18.2 Å². The molecule has 0 heterocycles. The van der Waals surface area contributed by atoms with Crippen LogP contribution in [0.15, 0.2) is 65.1 Å². The van der Waals surface area contributed by atoms with Gasteiger partial charge in [0.15, 0.2) is 0 Å². The second kappa shape index (κ2) is 14.7. The molecule has 0 saturated heterocycles. The van der Waals surface area contributed by atoms with Crippen molar-refractivity contribution in [2.75, 3.05) is 48.6 Å². The molecular weight excluding hydrogens is 594 g/mol. The number of benzene rings is 3. The van der Waals surface area contributed by atoms with Crippen LogP contribution >= 0.6 is 15.9 Å². The number of carbonyl (C=O) groups is 4. The van der Waals surface area contributed by atoms with Gasteiger partial charge in [-0.05, 0) is 70.9 Å².